The Morgan fingerprint density at radius 1 is 1.07 bits per heavy atom. The minimum Gasteiger partial charge on any atom is -0.504 e. The first kappa shape index (κ1) is 19.0. The SMILES string of the molecule is O=C(C/C=C\Cc1ccc(O)c(O)c1)N(c1ccccn1)C1CCCCC1. The van der Waals surface area contributed by atoms with Crippen LogP contribution in [0.4, 0.5) is 5.82 Å². The number of phenols is 2. The Bertz CT molecular complexity index is 783. The molecule has 0 unspecified atom stereocenters. The minimum atomic E-state index is -0.129. The number of hydrogen-bond acceptors (Lipinski definition) is 4. The van der Waals surface area contributed by atoms with Gasteiger partial charge < -0.3 is 10.2 Å². The van der Waals surface area contributed by atoms with Gasteiger partial charge in [-0.2, -0.15) is 0 Å². The maximum Gasteiger partial charge on any atom is 0.232 e. The van der Waals surface area contributed by atoms with Crippen LogP contribution in [-0.2, 0) is 11.2 Å². The van der Waals surface area contributed by atoms with Crippen LogP contribution in [0, 0.1) is 0 Å². The van der Waals surface area contributed by atoms with Gasteiger partial charge in [0, 0.05) is 18.7 Å². The second-order valence-corrected chi connectivity index (χ2v) is 6.95. The molecular weight excluding hydrogens is 340 g/mol. The molecule has 2 N–H and O–H groups in total. The number of carbonyl (C=O) groups is 1. The van der Waals surface area contributed by atoms with Crippen LogP contribution in [0.25, 0.3) is 0 Å². The van der Waals surface area contributed by atoms with Gasteiger partial charge in [-0.05, 0) is 49.1 Å². The molecule has 1 heterocycles. The average molecular weight is 366 g/mol. The van der Waals surface area contributed by atoms with Crippen molar-refractivity contribution in [1.82, 2.24) is 4.98 Å². The molecule has 1 aromatic carbocycles. The average Bonchev–Trinajstić information content (AvgIpc) is 2.70. The van der Waals surface area contributed by atoms with Gasteiger partial charge in [0.1, 0.15) is 5.82 Å². The van der Waals surface area contributed by atoms with Crippen LogP contribution in [0.2, 0.25) is 0 Å². The zero-order valence-electron chi connectivity index (χ0n) is 15.4. The molecule has 0 atom stereocenters. The highest BCUT2D eigenvalue weighted by atomic mass is 16.3. The second kappa shape index (κ2) is 9.21. The number of aromatic nitrogens is 1. The van der Waals surface area contributed by atoms with Gasteiger partial charge >= 0.3 is 0 Å². The third-order valence-electron chi connectivity index (χ3n) is 4.96. The van der Waals surface area contributed by atoms with Crippen molar-refractivity contribution in [3.05, 3.63) is 60.3 Å². The number of aromatic hydroxyl groups is 2. The van der Waals surface area contributed by atoms with Crippen LogP contribution in [0.5, 0.6) is 11.5 Å². The lowest BCUT2D eigenvalue weighted by molar-refractivity contribution is -0.118. The lowest BCUT2D eigenvalue weighted by Gasteiger charge is -2.33. The third-order valence-corrected chi connectivity index (χ3v) is 4.96. The topological polar surface area (TPSA) is 73.7 Å². The van der Waals surface area contributed by atoms with E-state index in [1.165, 1.54) is 18.6 Å². The number of amides is 1. The van der Waals surface area contributed by atoms with Crippen LogP contribution in [0.1, 0.15) is 44.1 Å². The second-order valence-electron chi connectivity index (χ2n) is 6.95. The molecule has 1 aliphatic rings. The predicted molar refractivity (Wildman–Crippen MR) is 106 cm³/mol. The molecule has 2 aromatic rings. The summed E-state index contributed by atoms with van der Waals surface area (Å²) in [4.78, 5) is 19.2. The zero-order chi connectivity index (χ0) is 19.1. The van der Waals surface area contributed by atoms with Gasteiger partial charge in [0.15, 0.2) is 11.5 Å². The molecule has 1 aliphatic carbocycles. The normalized spacial score (nSPS) is 15.1. The summed E-state index contributed by atoms with van der Waals surface area (Å²) in [6, 6.07) is 10.7. The molecule has 1 fully saturated rings. The molecule has 0 aliphatic heterocycles. The van der Waals surface area contributed by atoms with E-state index in [9.17, 15) is 15.0 Å². The number of phenolic OH excluding ortho intramolecular Hbond substituents is 2. The molecule has 0 radical (unpaired) electrons. The molecule has 1 aromatic heterocycles. The molecule has 0 spiro atoms. The summed E-state index contributed by atoms with van der Waals surface area (Å²) in [5.41, 5.74) is 0.878. The third kappa shape index (κ3) is 5.09. The maximum atomic E-state index is 12.9. The van der Waals surface area contributed by atoms with E-state index in [0.29, 0.717) is 12.8 Å². The number of benzene rings is 1. The van der Waals surface area contributed by atoms with Gasteiger partial charge in [-0.1, -0.05) is 43.5 Å². The van der Waals surface area contributed by atoms with E-state index in [1.54, 1.807) is 12.3 Å². The van der Waals surface area contributed by atoms with Gasteiger partial charge in [0.05, 0.1) is 0 Å². The van der Waals surface area contributed by atoms with E-state index in [1.807, 2.05) is 35.3 Å². The highest BCUT2D eigenvalue weighted by Crippen LogP contribution is 2.27. The fraction of sp³-hybridized carbons (Fsp3) is 0.364. The van der Waals surface area contributed by atoms with Gasteiger partial charge in [-0.25, -0.2) is 4.98 Å². The first-order valence-electron chi connectivity index (χ1n) is 9.54. The van der Waals surface area contributed by atoms with Crippen molar-refractivity contribution in [2.75, 3.05) is 4.90 Å². The van der Waals surface area contributed by atoms with Gasteiger partial charge in [-0.3, -0.25) is 9.69 Å². The summed E-state index contributed by atoms with van der Waals surface area (Å²) in [6.45, 7) is 0. The molecule has 5 heteroatoms. The predicted octanol–water partition coefficient (Wildman–Crippen LogP) is 4.35. The van der Waals surface area contributed by atoms with Crippen molar-refractivity contribution < 1.29 is 15.0 Å². The Morgan fingerprint density at radius 3 is 2.59 bits per heavy atom. The van der Waals surface area contributed by atoms with E-state index < -0.39 is 0 Å². The van der Waals surface area contributed by atoms with Crippen molar-refractivity contribution in [2.45, 2.75) is 51.0 Å². The van der Waals surface area contributed by atoms with E-state index in [4.69, 9.17) is 0 Å². The van der Waals surface area contributed by atoms with Crippen LogP contribution >= 0.6 is 0 Å². The van der Waals surface area contributed by atoms with Crippen LogP contribution in [-0.4, -0.2) is 27.1 Å². The molecule has 0 bridgehead atoms. The molecular formula is C22H26N2O3. The smallest absolute Gasteiger partial charge is 0.232 e. The first-order chi connectivity index (χ1) is 13.1. The van der Waals surface area contributed by atoms with Crippen molar-refractivity contribution in [1.29, 1.82) is 0 Å². The lowest BCUT2D eigenvalue weighted by Crippen LogP contribution is -2.41. The van der Waals surface area contributed by atoms with Crippen molar-refractivity contribution in [2.24, 2.45) is 0 Å². The van der Waals surface area contributed by atoms with E-state index in [2.05, 4.69) is 4.98 Å². The Balaban J connectivity index is 1.64. The largest absolute Gasteiger partial charge is 0.504 e. The maximum absolute atomic E-state index is 12.9. The number of pyridine rings is 1. The highest BCUT2D eigenvalue weighted by Gasteiger charge is 2.26. The van der Waals surface area contributed by atoms with Gasteiger partial charge in [-0.15, -0.1) is 0 Å². The van der Waals surface area contributed by atoms with Gasteiger partial charge in [0.2, 0.25) is 5.91 Å². The standard InChI is InChI=1S/C22H26N2O3/c25-19-14-13-17(16-20(19)26)8-4-5-12-22(27)24(18-9-2-1-3-10-18)21-11-6-7-15-23-21/h4-7,11,13-16,18,25-26H,1-3,8-10,12H2/b5-4-. The zero-order valence-corrected chi connectivity index (χ0v) is 15.4. The summed E-state index contributed by atoms with van der Waals surface area (Å²) in [5, 5.41) is 18.9. The molecule has 5 nitrogen and oxygen atoms in total. The van der Waals surface area contributed by atoms with Crippen molar-refractivity contribution in [3.8, 4) is 11.5 Å². The molecule has 142 valence electrons. The lowest BCUT2D eigenvalue weighted by atomic mass is 9.94. The van der Waals surface area contributed by atoms with Crippen LogP contribution in [0.3, 0.4) is 0 Å². The van der Waals surface area contributed by atoms with E-state index in [-0.39, 0.29) is 23.4 Å². The number of anilines is 1. The van der Waals surface area contributed by atoms with Crippen molar-refractivity contribution >= 4 is 11.7 Å². The van der Waals surface area contributed by atoms with Gasteiger partial charge in [0.25, 0.3) is 0 Å². The number of allylic oxidation sites excluding steroid dienone is 1. The van der Waals surface area contributed by atoms with E-state index >= 15 is 0 Å². The molecule has 0 saturated heterocycles. The summed E-state index contributed by atoms with van der Waals surface area (Å²) in [6.07, 6.45) is 12.0. The minimum absolute atomic E-state index is 0.0606. The van der Waals surface area contributed by atoms with Crippen molar-refractivity contribution in [3.63, 3.8) is 0 Å². The number of hydrogen-bond donors (Lipinski definition) is 2. The van der Waals surface area contributed by atoms with E-state index in [0.717, 1.165) is 37.1 Å². The monoisotopic (exact) mass is 366 g/mol. The summed E-state index contributed by atoms with van der Waals surface area (Å²) in [7, 11) is 0. The Morgan fingerprint density at radius 2 is 1.89 bits per heavy atom. The van der Waals surface area contributed by atoms with Crippen LogP contribution < -0.4 is 4.90 Å². The number of carbonyl (C=O) groups excluding carboxylic acids is 1. The summed E-state index contributed by atoms with van der Waals surface area (Å²) < 4.78 is 0. The summed E-state index contributed by atoms with van der Waals surface area (Å²) in [5.74, 6) is 0.531. The van der Waals surface area contributed by atoms with Crippen LogP contribution in [0.15, 0.2) is 54.7 Å². The fourth-order valence-electron chi connectivity index (χ4n) is 3.55. The molecule has 1 saturated carbocycles. The molecule has 27 heavy (non-hydrogen) atoms. The number of nitrogens with zero attached hydrogens (tertiary/aromatic N) is 2. The quantitative estimate of drug-likeness (QED) is 0.589. The molecule has 3 rings (SSSR count). The highest BCUT2D eigenvalue weighted by molar-refractivity contribution is 5.93. The molecule has 1 amide bonds. The Labute approximate surface area is 160 Å². The Hall–Kier alpha value is -2.82. The fourth-order valence-corrected chi connectivity index (χ4v) is 3.55. The first-order valence-corrected chi connectivity index (χ1v) is 9.54. The summed E-state index contributed by atoms with van der Waals surface area (Å²) >= 11 is 0. The Kier molecular flexibility index (Phi) is 6.47. The number of rotatable bonds is 6.